The van der Waals surface area contributed by atoms with Crippen molar-refractivity contribution < 1.29 is 4.42 Å². The predicted octanol–water partition coefficient (Wildman–Crippen LogP) is 2.05. The Kier molecular flexibility index (Phi) is 4.76. The third-order valence-electron chi connectivity index (χ3n) is 4.72. The van der Waals surface area contributed by atoms with E-state index < -0.39 is 0 Å². The zero-order valence-electron chi connectivity index (χ0n) is 12.4. The van der Waals surface area contributed by atoms with E-state index >= 15 is 0 Å². The Morgan fingerprint density at radius 2 is 1.70 bits per heavy atom. The number of hydrogen-bond donors (Lipinski definition) is 1. The highest BCUT2D eigenvalue weighted by Crippen LogP contribution is 2.22. The van der Waals surface area contributed by atoms with Crippen LogP contribution in [0.3, 0.4) is 0 Å². The Balaban J connectivity index is 1.41. The van der Waals surface area contributed by atoms with Crippen LogP contribution < -0.4 is 5.73 Å². The first-order chi connectivity index (χ1) is 9.83. The Hall–Kier alpha value is -0.840. The predicted molar refractivity (Wildman–Crippen MR) is 80.3 cm³/mol. The molecule has 1 aromatic heterocycles. The van der Waals surface area contributed by atoms with Crippen molar-refractivity contribution >= 4 is 0 Å². The maximum atomic E-state index is 5.70. The van der Waals surface area contributed by atoms with Crippen molar-refractivity contribution in [3.8, 4) is 0 Å². The smallest absolute Gasteiger partial charge is 0.118 e. The number of likely N-dealkylation sites (tertiary alicyclic amines) is 2. The summed E-state index contributed by atoms with van der Waals surface area (Å²) >= 11 is 0. The largest absolute Gasteiger partial charge is 0.463 e. The Morgan fingerprint density at radius 3 is 2.35 bits per heavy atom. The van der Waals surface area contributed by atoms with Crippen LogP contribution in [0.25, 0.3) is 0 Å². The van der Waals surface area contributed by atoms with Crippen LogP contribution in [0.5, 0.6) is 0 Å². The average Bonchev–Trinajstić information content (AvgIpc) is 3.12. The lowest BCUT2D eigenvalue weighted by Gasteiger charge is -2.33. The minimum Gasteiger partial charge on any atom is -0.463 e. The minimum atomic E-state index is 0.498. The summed E-state index contributed by atoms with van der Waals surface area (Å²) in [4.78, 5) is 5.17. The molecule has 0 atom stereocenters. The first-order valence-electron chi connectivity index (χ1n) is 8.06. The number of piperidine rings is 1. The summed E-state index contributed by atoms with van der Waals surface area (Å²) in [5.74, 6) is 2.85. The van der Waals surface area contributed by atoms with Gasteiger partial charge in [0.15, 0.2) is 0 Å². The number of hydrogen-bond acceptors (Lipinski definition) is 4. The van der Waals surface area contributed by atoms with Gasteiger partial charge in [-0.2, -0.15) is 0 Å². The first-order valence-corrected chi connectivity index (χ1v) is 8.06. The second-order valence-electron chi connectivity index (χ2n) is 6.30. The van der Waals surface area contributed by atoms with Crippen LogP contribution in [-0.2, 0) is 13.1 Å². The van der Waals surface area contributed by atoms with E-state index in [9.17, 15) is 0 Å². The van der Waals surface area contributed by atoms with Gasteiger partial charge in [-0.1, -0.05) is 0 Å². The minimum absolute atomic E-state index is 0.498. The fraction of sp³-hybridized carbons (Fsp3) is 0.750. The molecular weight excluding hydrogens is 250 g/mol. The van der Waals surface area contributed by atoms with Gasteiger partial charge in [-0.25, -0.2) is 0 Å². The Labute approximate surface area is 121 Å². The van der Waals surface area contributed by atoms with E-state index in [4.69, 9.17) is 10.2 Å². The maximum Gasteiger partial charge on any atom is 0.118 e. The highest BCUT2D eigenvalue weighted by atomic mass is 16.3. The number of furan rings is 1. The molecule has 1 aromatic rings. The van der Waals surface area contributed by atoms with Gasteiger partial charge in [-0.15, -0.1) is 0 Å². The number of rotatable bonds is 5. The summed E-state index contributed by atoms with van der Waals surface area (Å²) in [6.45, 7) is 7.83. The summed E-state index contributed by atoms with van der Waals surface area (Å²) in [5.41, 5.74) is 5.58. The van der Waals surface area contributed by atoms with Gasteiger partial charge in [-0.05, 0) is 69.9 Å². The summed E-state index contributed by atoms with van der Waals surface area (Å²) in [7, 11) is 0. The van der Waals surface area contributed by atoms with E-state index in [-0.39, 0.29) is 0 Å². The fourth-order valence-corrected chi connectivity index (χ4v) is 3.49. The van der Waals surface area contributed by atoms with E-state index in [1.165, 1.54) is 58.4 Å². The second-order valence-corrected chi connectivity index (χ2v) is 6.30. The lowest BCUT2D eigenvalue weighted by Crippen LogP contribution is -2.37. The molecule has 0 spiro atoms. The molecule has 112 valence electrons. The number of nitrogens with zero attached hydrogens (tertiary/aromatic N) is 2. The van der Waals surface area contributed by atoms with Crippen molar-refractivity contribution in [2.24, 2.45) is 11.7 Å². The van der Waals surface area contributed by atoms with Crippen molar-refractivity contribution in [1.29, 1.82) is 0 Å². The van der Waals surface area contributed by atoms with Crippen LogP contribution in [0.2, 0.25) is 0 Å². The molecule has 0 aromatic carbocycles. The Morgan fingerprint density at radius 1 is 1.00 bits per heavy atom. The summed E-state index contributed by atoms with van der Waals surface area (Å²) in [5, 5.41) is 0. The quantitative estimate of drug-likeness (QED) is 0.894. The molecule has 20 heavy (non-hydrogen) atoms. The van der Waals surface area contributed by atoms with Crippen molar-refractivity contribution in [1.82, 2.24) is 9.80 Å². The average molecular weight is 277 g/mol. The molecule has 0 amide bonds. The van der Waals surface area contributed by atoms with Gasteiger partial charge in [0, 0.05) is 6.54 Å². The standard InChI is InChI=1S/C16H27N3O/c17-11-15-3-4-16(20-15)13-19-9-5-14(6-10-19)12-18-7-1-2-8-18/h3-4,14H,1-2,5-13,17H2. The third kappa shape index (κ3) is 3.62. The van der Waals surface area contributed by atoms with E-state index in [1.807, 2.05) is 6.07 Å². The molecule has 0 radical (unpaired) electrons. The van der Waals surface area contributed by atoms with Crippen LogP contribution in [0.4, 0.5) is 0 Å². The molecule has 2 saturated heterocycles. The molecule has 3 heterocycles. The van der Waals surface area contributed by atoms with Crippen molar-refractivity contribution in [3.05, 3.63) is 23.7 Å². The van der Waals surface area contributed by atoms with E-state index in [0.717, 1.165) is 24.0 Å². The summed E-state index contributed by atoms with van der Waals surface area (Å²) < 4.78 is 5.70. The molecule has 4 nitrogen and oxygen atoms in total. The van der Waals surface area contributed by atoms with Gasteiger partial charge in [0.25, 0.3) is 0 Å². The molecule has 2 aliphatic heterocycles. The van der Waals surface area contributed by atoms with Gasteiger partial charge in [-0.3, -0.25) is 4.90 Å². The fourth-order valence-electron chi connectivity index (χ4n) is 3.49. The number of nitrogens with two attached hydrogens (primary N) is 1. The molecule has 3 rings (SSSR count). The van der Waals surface area contributed by atoms with Crippen LogP contribution in [0, 0.1) is 5.92 Å². The SMILES string of the molecule is NCc1ccc(CN2CCC(CN3CCCC3)CC2)o1. The molecular formula is C16H27N3O. The van der Waals surface area contributed by atoms with Crippen molar-refractivity contribution in [2.45, 2.75) is 38.8 Å². The highest BCUT2D eigenvalue weighted by Gasteiger charge is 2.23. The van der Waals surface area contributed by atoms with Gasteiger partial charge in [0.05, 0.1) is 13.1 Å². The molecule has 2 aliphatic rings. The maximum absolute atomic E-state index is 5.70. The van der Waals surface area contributed by atoms with Gasteiger partial charge < -0.3 is 15.1 Å². The van der Waals surface area contributed by atoms with E-state index in [1.54, 1.807) is 0 Å². The van der Waals surface area contributed by atoms with Gasteiger partial charge in [0.1, 0.15) is 11.5 Å². The van der Waals surface area contributed by atoms with Crippen LogP contribution in [0.15, 0.2) is 16.5 Å². The van der Waals surface area contributed by atoms with Crippen molar-refractivity contribution in [2.75, 3.05) is 32.7 Å². The molecule has 2 fully saturated rings. The lowest BCUT2D eigenvalue weighted by atomic mass is 9.96. The zero-order chi connectivity index (χ0) is 13.8. The van der Waals surface area contributed by atoms with Crippen LogP contribution >= 0.6 is 0 Å². The lowest BCUT2D eigenvalue weighted by molar-refractivity contribution is 0.141. The van der Waals surface area contributed by atoms with Gasteiger partial charge in [0.2, 0.25) is 0 Å². The van der Waals surface area contributed by atoms with E-state index in [0.29, 0.717) is 6.54 Å². The zero-order valence-corrected chi connectivity index (χ0v) is 12.4. The second kappa shape index (κ2) is 6.74. The molecule has 0 unspecified atom stereocenters. The summed E-state index contributed by atoms with van der Waals surface area (Å²) in [6.07, 6.45) is 5.48. The first kappa shape index (κ1) is 14.1. The molecule has 4 heteroatoms. The van der Waals surface area contributed by atoms with Crippen molar-refractivity contribution in [3.63, 3.8) is 0 Å². The topological polar surface area (TPSA) is 45.6 Å². The Bertz CT molecular complexity index is 404. The van der Waals surface area contributed by atoms with Crippen LogP contribution in [-0.4, -0.2) is 42.5 Å². The third-order valence-corrected chi connectivity index (χ3v) is 4.72. The molecule has 0 aliphatic carbocycles. The molecule has 0 saturated carbocycles. The normalized spacial score (nSPS) is 22.6. The molecule has 0 bridgehead atoms. The highest BCUT2D eigenvalue weighted by molar-refractivity contribution is 5.06. The van der Waals surface area contributed by atoms with E-state index in [2.05, 4.69) is 15.9 Å². The van der Waals surface area contributed by atoms with Gasteiger partial charge >= 0.3 is 0 Å². The molecule has 2 N–H and O–H groups in total. The van der Waals surface area contributed by atoms with Crippen LogP contribution in [0.1, 0.15) is 37.2 Å². The monoisotopic (exact) mass is 277 g/mol. The summed E-state index contributed by atoms with van der Waals surface area (Å²) in [6, 6.07) is 4.06.